The summed E-state index contributed by atoms with van der Waals surface area (Å²) in [5.41, 5.74) is 14.8. The van der Waals surface area contributed by atoms with Gasteiger partial charge in [0.2, 0.25) is 0 Å². The summed E-state index contributed by atoms with van der Waals surface area (Å²) in [4.78, 5) is 16.0. The molecule has 64 heavy (non-hydrogen) atoms. The molecule has 0 amide bonds. The van der Waals surface area contributed by atoms with Crippen molar-refractivity contribution in [1.29, 1.82) is 0 Å². The van der Waals surface area contributed by atoms with Gasteiger partial charge in [-0.1, -0.05) is 188 Å². The zero-order valence-electron chi connectivity index (χ0n) is 34.6. The third-order valence-corrected chi connectivity index (χ3v) is 13.2. The quantitative estimate of drug-likeness (QED) is 0.176. The number of hydrogen-bond acceptors (Lipinski definition) is 5. The van der Waals surface area contributed by atoms with Crippen LogP contribution in [-0.2, 0) is 5.41 Å². The van der Waals surface area contributed by atoms with Crippen molar-refractivity contribution < 1.29 is 4.74 Å². The first-order chi connectivity index (χ1) is 31.7. The second-order valence-electron chi connectivity index (χ2n) is 16.7. The van der Waals surface area contributed by atoms with Crippen molar-refractivity contribution in [2.75, 3.05) is 0 Å². The highest BCUT2D eigenvalue weighted by molar-refractivity contribution is 6.20. The minimum Gasteiger partial charge on any atom is -0.457 e. The molecular formula is C59H38N4O. The number of pyridine rings is 1. The highest BCUT2D eigenvalue weighted by atomic mass is 16.5. The Hall–Kier alpha value is -8.41. The third kappa shape index (κ3) is 5.47. The fourth-order valence-electron chi connectivity index (χ4n) is 10.4. The molecular weight excluding hydrogens is 781 g/mol. The van der Waals surface area contributed by atoms with Crippen molar-refractivity contribution in [2.45, 2.75) is 11.6 Å². The standard InChI is InChI=1S/C59H38N4O/c1-3-17-37(18-4-1)39-21-15-23-41(35-39)57-61-56(38-19-5-2-6-20-38)62-58(63-57)42-24-16-22-40(36-42)55-45-33-34-49-54(53(45)44-26-8-12-30-50(44)60-55)43-25-7-9-27-46(43)59(49)47-28-10-13-31-51(47)64-52-32-14-11-29-48(52)59/h1-36,57H,(H,61,62,63). The lowest BCUT2D eigenvalue weighted by Gasteiger charge is -2.39. The summed E-state index contributed by atoms with van der Waals surface area (Å²) in [6.07, 6.45) is -0.356. The molecule has 0 bridgehead atoms. The summed E-state index contributed by atoms with van der Waals surface area (Å²) in [6, 6.07) is 77.2. The smallest absolute Gasteiger partial charge is 0.159 e. The van der Waals surface area contributed by atoms with Gasteiger partial charge >= 0.3 is 0 Å². The van der Waals surface area contributed by atoms with Crippen LogP contribution in [0.5, 0.6) is 11.5 Å². The van der Waals surface area contributed by atoms with E-state index < -0.39 is 5.41 Å². The number of fused-ring (bicyclic) bond motifs is 13. The maximum atomic E-state index is 6.64. The first-order valence-electron chi connectivity index (χ1n) is 21.8. The van der Waals surface area contributed by atoms with E-state index in [4.69, 9.17) is 19.7 Å². The maximum absolute atomic E-state index is 6.64. The summed E-state index contributed by atoms with van der Waals surface area (Å²) >= 11 is 0. The third-order valence-electron chi connectivity index (χ3n) is 13.2. The molecule has 0 saturated heterocycles. The van der Waals surface area contributed by atoms with E-state index in [1.807, 2.05) is 24.3 Å². The first kappa shape index (κ1) is 36.3. The van der Waals surface area contributed by atoms with E-state index in [1.54, 1.807) is 0 Å². The molecule has 5 heteroatoms. The van der Waals surface area contributed by atoms with Crippen LogP contribution in [0.4, 0.5) is 0 Å². The van der Waals surface area contributed by atoms with E-state index in [1.165, 1.54) is 27.6 Å². The molecule has 2 aliphatic heterocycles. The first-order valence-corrected chi connectivity index (χ1v) is 21.8. The zero-order chi connectivity index (χ0) is 42.2. The van der Waals surface area contributed by atoms with Gasteiger partial charge in [0.05, 0.1) is 16.6 Å². The number of ether oxygens (including phenoxy) is 1. The van der Waals surface area contributed by atoms with Gasteiger partial charge in [0, 0.05) is 44.0 Å². The van der Waals surface area contributed by atoms with Gasteiger partial charge in [-0.25, -0.2) is 15.0 Å². The van der Waals surface area contributed by atoms with E-state index >= 15 is 0 Å². The number of rotatable bonds is 5. The number of benzene rings is 9. The normalized spacial score (nSPS) is 15.3. The van der Waals surface area contributed by atoms with E-state index in [2.05, 4.69) is 199 Å². The molecule has 1 aliphatic carbocycles. The molecule has 13 rings (SSSR count). The van der Waals surface area contributed by atoms with Gasteiger partial charge in [-0.3, -0.25) is 0 Å². The second-order valence-corrected chi connectivity index (χ2v) is 16.7. The topological polar surface area (TPSA) is 58.9 Å². The Morgan fingerprint density at radius 2 is 1.08 bits per heavy atom. The maximum Gasteiger partial charge on any atom is 0.159 e. The average molecular weight is 819 g/mol. The molecule has 300 valence electrons. The Morgan fingerprint density at radius 3 is 1.88 bits per heavy atom. The minimum atomic E-state index is -0.575. The Morgan fingerprint density at radius 1 is 0.453 bits per heavy atom. The number of nitrogens with one attached hydrogen (secondary N) is 1. The molecule has 0 saturated carbocycles. The summed E-state index contributed by atoms with van der Waals surface area (Å²) < 4.78 is 6.64. The molecule has 3 aliphatic rings. The molecule has 10 aromatic rings. The Labute approximate surface area is 370 Å². The SMILES string of the molecule is c1ccc(C2=NC(c3cccc(-c4nc5ccccc5c5c6c(ccc45)C4(c5ccccc5Oc5ccccc54)c4ccccc4-6)c3)=NC(c3cccc(-c4ccccc4)c3)N2)cc1. The van der Waals surface area contributed by atoms with E-state index in [0.29, 0.717) is 5.84 Å². The predicted octanol–water partition coefficient (Wildman–Crippen LogP) is 13.7. The number of nitrogens with zero attached hydrogens (tertiary/aromatic N) is 3. The lowest BCUT2D eigenvalue weighted by atomic mass is 9.66. The van der Waals surface area contributed by atoms with Crippen LogP contribution in [-0.4, -0.2) is 16.7 Å². The van der Waals surface area contributed by atoms with Gasteiger partial charge in [0.1, 0.15) is 23.5 Å². The molecule has 5 nitrogen and oxygen atoms in total. The van der Waals surface area contributed by atoms with Gasteiger partial charge in [-0.05, 0) is 69.3 Å². The average Bonchev–Trinajstić information content (AvgIpc) is 3.67. The van der Waals surface area contributed by atoms with E-state index in [-0.39, 0.29) is 6.17 Å². The van der Waals surface area contributed by atoms with Crippen molar-refractivity contribution in [3.63, 3.8) is 0 Å². The van der Waals surface area contributed by atoms with Crippen LogP contribution in [0.25, 0.3) is 55.2 Å². The Balaban J connectivity index is 1.01. The highest BCUT2D eigenvalue weighted by Gasteiger charge is 2.51. The monoisotopic (exact) mass is 818 g/mol. The van der Waals surface area contributed by atoms with Crippen molar-refractivity contribution in [2.24, 2.45) is 9.98 Å². The zero-order valence-corrected chi connectivity index (χ0v) is 34.6. The summed E-state index contributed by atoms with van der Waals surface area (Å²) in [7, 11) is 0. The van der Waals surface area contributed by atoms with Crippen LogP contribution in [0.3, 0.4) is 0 Å². The molecule has 1 atom stereocenters. The molecule has 1 aromatic heterocycles. The summed E-state index contributed by atoms with van der Waals surface area (Å²) in [5, 5.41) is 7.07. The van der Waals surface area contributed by atoms with Crippen LogP contribution >= 0.6 is 0 Å². The van der Waals surface area contributed by atoms with Crippen molar-refractivity contribution in [1.82, 2.24) is 10.3 Å². The number of aromatic nitrogens is 1. The number of amidine groups is 2. The van der Waals surface area contributed by atoms with Crippen molar-refractivity contribution >= 4 is 33.3 Å². The molecule has 9 aromatic carbocycles. The van der Waals surface area contributed by atoms with Gasteiger partial charge in [-0.2, -0.15) is 0 Å². The number of para-hydroxylation sites is 3. The fourth-order valence-corrected chi connectivity index (χ4v) is 10.4. The van der Waals surface area contributed by atoms with Crippen LogP contribution in [0.1, 0.15) is 45.1 Å². The lowest BCUT2D eigenvalue weighted by Crippen LogP contribution is -2.33. The van der Waals surface area contributed by atoms with Crippen LogP contribution in [0.2, 0.25) is 0 Å². The van der Waals surface area contributed by atoms with Crippen molar-refractivity contribution in [3.05, 3.63) is 257 Å². The highest BCUT2D eigenvalue weighted by Crippen LogP contribution is 2.63. The number of hydrogen-bond donors (Lipinski definition) is 1. The molecule has 0 radical (unpaired) electrons. The predicted molar refractivity (Wildman–Crippen MR) is 259 cm³/mol. The van der Waals surface area contributed by atoms with E-state index in [9.17, 15) is 0 Å². The minimum absolute atomic E-state index is 0.356. The van der Waals surface area contributed by atoms with Crippen LogP contribution in [0.15, 0.2) is 228 Å². The van der Waals surface area contributed by atoms with Crippen LogP contribution < -0.4 is 10.1 Å². The van der Waals surface area contributed by atoms with Crippen LogP contribution in [0, 0.1) is 0 Å². The lowest BCUT2D eigenvalue weighted by molar-refractivity contribution is 0.436. The van der Waals surface area contributed by atoms with Gasteiger partial charge in [0.25, 0.3) is 0 Å². The fraction of sp³-hybridized carbons (Fsp3) is 0.0339. The molecule has 1 unspecified atom stereocenters. The van der Waals surface area contributed by atoms with E-state index in [0.717, 1.165) is 83.8 Å². The Bertz CT molecular complexity index is 3530. The molecule has 0 fully saturated rings. The second kappa shape index (κ2) is 14.3. The van der Waals surface area contributed by atoms with Gasteiger partial charge < -0.3 is 10.1 Å². The number of aliphatic imine (C=N–C) groups is 2. The summed E-state index contributed by atoms with van der Waals surface area (Å²) in [5.74, 6) is 3.20. The Kier molecular flexibility index (Phi) is 8.12. The molecule has 1 N–H and O–H groups in total. The van der Waals surface area contributed by atoms with Gasteiger partial charge in [-0.15, -0.1) is 0 Å². The largest absolute Gasteiger partial charge is 0.457 e. The molecule has 1 spiro atoms. The van der Waals surface area contributed by atoms with Crippen molar-refractivity contribution in [3.8, 4) is 45.0 Å². The molecule has 3 heterocycles. The van der Waals surface area contributed by atoms with Gasteiger partial charge in [0.15, 0.2) is 5.84 Å². The summed E-state index contributed by atoms with van der Waals surface area (Å²) in [6.45, 7) is 0.